The van der Waals surface area contributed by atoms with Gasteiger partial charge in [-0.15, -0.1) is 5.10 Å². The molecule has 1 aliphatic heterocycles. The summed E-state index contributed by atoms with van der Waals surface area (Å²) in [6.07, 6.45) is 3.27. The summed E-state index contributed by atoms with van der Waals surface area (Å²) in [5.41, 5.74) is 5.05. The van der Waals surface area contributed by atoms with E-state index in [1.54, 1.807) is 23.7 Å². The Balaban J connectivity index is 1.40. The molecule has 4 heterocycles. The van der Waals surface area contributed by atoms with Gasteiger partial charge in [-0.25, -0.2) is 14.5 Å². The molecule has 152 valence electrons. The summed E-state index contributed by atoms with van der Waals surface area (Å²) in [5.74, 6) is 0.0167. The number of ether oxygens (including phenoxy) is 1. The lowest BCUT2D eigenvalue weighted by Crippen LogP contribution is -2.36. The number of hydrogen-bond donors (Lipinski definition) is 1. The predicted molar refractivity (Wildman–Crippen MR) is 114 cm³/mol. The van der Waals surface area contributed by atoms with Crippen molar-refractivity contribution in [2.24, 2.45) is 0 Å². The van der Waals surface area contributed by atoms with E-state index < -0.39 is 5.95 Å². The van der Waals surface area contributed by atoms with Crippen LogP contribution < -0.4 is 10.2 Å². The third-order valence-electron chi connectivity index (χ3n) is 5.21. The van der Waals surface area contributed by atoms with Gasteiger partial charge in [0, 0.05) is 41.8 Å². The number of halogens is 1. The van der Waals surface area contributed by atoms with Gasteiger partial charge < -0.3 is 15.0 Å². The molecule has 5 rings (SSSR count). The minimum atomic E-state index is -0.461. The molecule has 0 atom stereocenters. The maximum Gasteiger partial charge on any atom is 0.245 e. The van der Waals surface area contributed by atoms with Crippen LogP contribution in [0.25, 0.3) is 16.8 Å². The van der Waals surface area contributed by atoms with Gasteiger partial charge in [0.05, 0.1) is 30.6 Å². The topological polar surface area (TPSA) is 67.6 Å². The molecule has 0 radical (unpaired) electrons. The van der Waals surface area contributed by atoms with E-state index in [4.69, 9.17) is 4.74 Å². The fourth-order valence-corrected chi connectivity index (χ4v) is 3.58. The summed E-state index contributed by atoms with van der Waals surface area (Å²) in [6, 6.07) is 13.8. The molecule has 4 aromatic rings. The number of fused-ring (bicyclic) bond motifs is 1. The van der Waals surface area contributed by atoms with Crippen LogP contribution in [-0.2, 0) is 4.74 Å². The van der Waals surface area contributed by atoms with Crippen LogP contribution in [0.3, 0.4) is 0 Å². The summed E-state index contributed by atoms with van der Waals surface area (Å²) < 4.78 is 20.7. The molecule has 0 bridgehead atoms. The predicted octanol–water partition coefficient (Wildman–Crippen LogP) is 3.82. The molecule has 1 N–H and O–H groups in total. The van der Waals surface area contributed by atoms with Crippen LogP contribution in [-0.4, -0.2) is 45.9 Å². The second-order valence-electron chi connectivity index (χ2n) is 7.24. The van der Waals surface area contributed by atoms with Crippen molar-refractivity contribution in [3.63, 3.8) is 0 Å². The first-order valence-electron chi connectivity index (χ1n) is 9.84. The maximum atomic E-state index is 13.5. The molecule has 1 aliphatic rings. The van der Waals surface area contributed by atoms with Gasteiger partial charge in [0.25, 0.3) is 0 Å². The van der Waals surface area contributed by atoms with E-state index in [0.717, 1.165) is 48.8 Å². The summed E-state index contributed by atoms with van der Waals surface area (Å²) in [7, 11) is 0. The van der Waals surface area contributed by atoms with Crippen LogP contribution in [0.4, 0.5) is 21.7 Å². The van der Waals surface area contributed by atoms with Crippen molar-refractivity contribution < 1.29 is 9.13 Å². The number of rotatable bonds is 4. The van der Waals surface area contributed by atoms with Crippen molar-refractivity contribution in [2.45, 2.75) is 6.92 Å². The molecule has 0 amide bonds. The van der Waals surface area contributed by atoms with Crippen LogP contribution in [0.2, 0.25) is 0 Å². The number of aryl methyl sites for hydroxylation is 1. The number of anilines is 3. The average Bonchev–Trinajstić information content (AvgIpc) is 3.20. The van der Waals surface area contributed by atoms with Crippen LogP contribution in [0.5, 0.6) is 0 Å². The fourth-order valence-electron chi connectivity index (χ4n) is 3.58. The first-order chi connectivity index (χ1) is 14.7. The maximum absolute atomic E-state index is 13.5. The van der Waals surface area contributed by atoms with Gasteiger partial charge in [0.15, 0.2) is 0 Å². The zero-order valence-corrected chi connectivity index (χ0v) is 16.5. The summed E-state index contributed by atoms with van der Waals surface area (Å²) >= 11 is 0. The molecule has 0 aliphatic carbocycles. The first kappa shape index (κ1) is 18.5. The van der Waals surface area contributed by atoms with Crippen molar-refractivity contribution in [1.29, 1.82) is 0 Å². The molecule has 0 spiro atoms. The van der Waals surface area contributed by atoms with E-state index in [0.29, 0.717) is 11.5 Å². The van der Waals surface area contributed by atoms with E-state index in [-0.39, 0.29) is 0 Å². The summed E-state index contributed by atoms with van der Waals surface area (Å²) in [5, 5.41) is 7.87. The van der Waals surface area contributed by atoms with Gasteiger partial charge in [0.2, 0.25) is 11.9 Å². The van der Waals surface area contributed by atoms with Gasteiger partial charge in [-0.2, -0.15) is 4.39 Å². The monoisotopic (exact) mass is 404 g/mol. The highest BCUT2D eigenvalue weighted by Gasteiger charge is 2.12. The number of aromatic nitrogens is 4. The third-order valence-corrected chi connectivity index (χ3v) is 5.21. The largest absolute Gasteiger partial charge is 0.378 e. The van der Waals surface area contributed by atoms with Crippen molar-refractivity contribution >= 4 is 22.8 Å². The molecule has 0 unspecified atom stereocenters. The number of nitrogens with one attached hydrogen (secondary N) is 1. The molecule has 1 fully saturated rings. The summed E-state index contributed by atoms with van der Waals surface area (Å²) in [6.45, 7) is 5.03. The van der Waals surface area contributed by atoms with E-state index in [1.165, 1.54) is 11.9 Å². The van der Waals surface area contributed by atoms with Crippen molar-refractivity contribution in [3.05, 3.63) is 66.4 Å². The van der Waals surface area contributed by atoms with E-state index in [9.17, 15) is 4.39 Å². The van der Waals surface area contributed by atoms with E-state index >= 15 is 0 Å². The zero-order valence-electron chi connectivity index (χ0n) is 16.5. The van der Waals surface area contributed by atoms with Crippen LogP contribution in [0.15, 0.2) is 54.9 Å². The number of benzene rings is 1. The Morgan fingerprint density at radius 3 is 2.57 bits per heavy atom. The van der Waals surface area contributed by atoms with Crippen molar-refractivity contribution in [3.8, 4) is 11.3 Å². The smallest absolute Gasteiger partial charge is 0.245 e. The highest BCUT2D eigenvalue weighted by molar-refractivity contribution is 5.67. The minimum absolute atomic E-state index is 0.461. The molecule has 0 saturated carbocycles. The Hall–Kier alpha value is -3.52. The molecule has 7 nitrogen and oxygen atoms in total. The fraction of sp³-hybridized carbons (Fsp3) is 0.227. The lowest BCUT2D eigenvalue weighted by atomic mass is 10.1. The molecular formula is C22H21FN6O. The molecule has 8 heteroatoms. The Morgan fingerprint density at radius 1 is 1.00 bits per heavy atom. The molecular weight excluding hydrogens is 383 g/mol. The normalized spacial score (nSPS) is 14.3. The standard InChI is InChI=1S/C22H21FN6O/c1-15-12-16(13-24-21(15)23)20-7-6-19-14-25-22(27-29(19)20)26-17-2-4-18(5-3-17)28-8-10-30-11-9-28/h2-7,12-14H,8-11H2,1H3,(H,26,27). The lowest BCUT2D eigenvalue weighted by Gasteiger charge is -2.28. The number of pyridine rings is 1. The highest BCUT2D eigenvalue weighted by Crippen LogP contribution is 2.24. The highest BCUT2D eigenvalue weighted by atomic mass is 19.1. The van der Waals surface area contributed by atoms with Gasteiger partial charge in [-0.1, -0.05) is 0 Å². The Kier molecular flexibility index (Phi) is 4.76. The van der Waals surface area contributed by atoms with Gasteiger partial charge >= 0.3 is 0 Å². The molecule has 3 aromatic heterocycles. The van der Waals surface area contributed by atoms with Crippen LogP contribution >= 0.6 is 0 Å². The third kappa shape index (κ3) is 3.57. The lowest BCUT2D eigenvalue weighted by molar-refractivity contribution is 0.122. The second-order valence-corrected chi connectivity index (χ2v) is 7.24. The van der Waals surface area contributed by atoms with Crippen LogP contribution in [0, 0.1) is 12.9 Å². The molecule has 30 heavy (non-hydrogen) atoms. The van der Waals surface area contributed by atoms with Gasteiger partial charge in [-0.3, -0.25) is 0 Å². The Labute approximate surface area is 173 Å². The van der Waals surface area contributed by atoms with E-state index in [1.807, 2.05) is 24.3 Å². The van der Waals surface area contributed by atoms with Crippen molar-refractivity contribution in [1.82, 2.24) is 19.6 Å². The van der Waals surface area contributed by atoms with Gasteiger partial charge in [0.1, 0.15) is 0 Å². The first-order valence-corrected chi connectivity index (χ1v) is 9.84. The Morgan fingerprint density at radius 2 is 1.80 bits per heavy atom. The second kappa shape index (κ2) is 7.72. The van der Waals surface area contributed by atoms with Gasteiger partial charge in [-0.05, 0) is 49.4 Å². The molecule has 1 saturated heterocycles. The number of nitrogens with zero attached hydrogens (tertiary/aromatic N) is 5. The van der Waals surface area contributed by atoms with Crippen molar-refractivity contribution in [2.75, 3.05) is 36.5 Å². The van der Waals surface area contributed by atoms with Crippen LogP contribution in [0.1, 0.15) is 5.56 Å². The average molecular weight is 404 g/mol. The zero-order chi connectivity index (χ0) is 20.5. The number of morpholine rings is 1. The SMILES string of the molecule is Cc1cc(-c2ccc3cnc(Nc4ccc(N5CCOCC5)cc4)nn23)cnc1F. The number of hydrogen-bond acceptors (Lipinski definition) is 6. The molecule has 1 aromatic carbocycles. The Bertz CT molecular complexity index is 1180. The quantitative estimate of drug-likeness (QED) is 0.522. The summed E-state index contributed by atoms with van der Waals surface area (Å²) in [4.78, 5) is 10.5. The van der Waals surface area contributed by atoms with E-state index in [2.05, 4.69) is 37.4 Å². The minimum Gasteiger partial charge on any atom is -0.378 e.